The number of Topliss-reactive ketones (excluding diaryl/α,β-unsaturated/α-hetero) is 1. The van der Waals surface area contributed by atoms with Crippen LogP contribution in [-0.2, 0) is 11.2 Å². The molecule has 1 aromatic carbocycles. The molecule has 0 unspecified atom stereocenters. The first-order valence-corrected chi connectivity index (χ1v) is 6.52. The van der Waals surface area contributed by atoms with Crippen LogP contribution in [0.2, 0.25) is 5.02 Å². The van der Waals surface area contributed by atoms with Crippen molar-refractivity contribution in [3.63, 3.8) is 0 Å². The van der Waals surface area contributed by atoms with Gasteiger partial charge in [0.25, 0.3) is 0 Å². The van der Waals surface area contributed by atoms with Gasteiger partial charge in [-0.3, -0.25) is 4.79 Å². The Morgan fingerprint density at radius 3 is 2.71 bits per heavy atom. The van der Waals surface area contributed by atoms with Crippen LogP contribution in [0.4, 0.5) is 0 Å². The van der Waals surface area contributed by atoms with Gasteiger partial charge >= 0.3 is 0 Å². The van der Waals surface area contributed by atoms with Gasteiger partial charge in [-0.1, -0.05) is 43.4 Å². The molecule has 2 nitrogen and oxygen atoms in total. The van der Waals surface area contributed by atoms with E-state index in [0.717, 1.165) is 5.56 Å². The number of hydrogen-bond donors (Lipinski definition) is 1. The Morgan fingerprint density at radius 1 is 1.35 bits per heavy atom. The molecule has 1 saturated carbocycles. The third-order valence-electron chi connectivity index (χ3n) is 3.42. The molecule has 0 aromatic heterocycles. The molecule has 2 rings (SSSR count). The second-order valence-corrected chi connectivity index (χ2v) is 5.25. The van der Waals surface area contributed by atoms with Gasteiger partial charge in [-0.15, -0.1) is 0 Å². The number of carbonyl (C=O) groups excluding carboxylic acids is 1. The van der Waals surface area contributed by atoms with E-state index in [2.05, 4.69) is 0 Å². The standard InChI is InChI=1S/C14H17ClO2/c15-14-9-12(16)6-5-11(14)8-13(17)7-10-3-1-2-4-10/h5-6,9-10,16H,1-4,7-8H2. The molecule has 1 aromatic rings. The van der Waals surface area contributed by atoms with Crippen LogP contribution in [0.3, 0.4) is 0 Å². The van der Waals surface area contributed by atoms with E-state index >= 15 is 0 Å². The molecule has 0 heterocycles. The summed E-state index contributed by atoms with van der Waals surface area (Å²) in [6.07, 6.45) is 5.97. The van der Waals surface area contributed by atoms with Crippen molar-refractivity contribution < 1.29 is 9.90 Å². The summed E-state index contributed by atoms with van der Waals surface area (Å²) in [5.74, 6) is 0.977. The highest BCUT2D eigenvalue weighted by molar-refractivity contribution is 6.31. The fourth-order valence-corrected chi connectivity index (χ4v) is 2.74. The Bertz CT molecular complexity index is 409. The van der Waals surface area contributed by atoms with E-state index in [-0.39, 0.29) is 11.5 Å². The number of carbonyl (C=O) groups is 1. The van der Waals surface area contributed by atoms with Gasteiger partial charge in [-0.05, 0) is 23.6 Å². The summed E-state index contributed by atoms with van der Waals surface area (Å²) >= 11 is 5.98. The van der Waals surface area contributed by atoms with Gasteiger partial charge in [0.05, 0.1) is 0 Å². The zero-order valence-corrected chi connectivity index (χ0v) is 10.5. The topological polar surface area (TPSA) is 37.3 Å². The maximum Gasteiger partial charge on any atom is 0.137 e. The summed E-state index contributed by atoms with van der Waals surface area (Å²) in [6.45, 7) is 0. The average molecular weight is 253 g/mol. The van der Waals surface area contributed by atoms with Crippen molar-refractivity contribution in [2.75, 3.05) is 0 Å². The smallest absolute Gasteiger partial charge is 0.137 e. The third-order valence-corrected chi connectivity index (χ3v) is 3.77. The lowest BCUT2D eigenvalue weighted by Crippen LogP contribution is -2.08. The van der Waals surface area contributed by atoms with Crippen molar-refractivity contribution >= 4 is 17.4 Å². The minimum Gasteiger partial charge on any atom is -0.508 e. The van der Waals surface area contributed by atoms with E-state index in [0.29, 0.717) is 23.8 Å². The molecule has 0 atom stereocenters. The number of benzene rings is 1. The molecule has 3 heteroatoms. The maximum atomic E-state index is 11.9. The van der Waals surface area contributed by atoms with Gasteiger partial charge in [0, 0.05) is 17.9 Å². The minimum atomic E-state index is 0.141. The van der Waals surface area contributed by atoms with E-state index in [4.69, 9.17) is 11.6 Å². The Balaban J connectivity index is 1.93. The Labute approximate surface area is 107 Å². The van der Waals surface area contributed by atoms with Crippen LogP contribution in [0.1, 0.15) is 37.7 Å². The largest absolute Gasteiger partial charge is 0.508 e. The highest BCUT2D eigenvalue weighted by Gasteiger charge is 2.19. The van der Waals surface area contributed by atoms with Crippen molar-refractivity contribution in [2.24, 2.45) is 5.92 Å². The zero-order chi connectivity index (χ0) is 12.3. The maximum absolute atomic E-state index is 11.9. The predicted octanol–water partition coefficient (Wildman–Crippen LogP) is 3.74. The van der Waals surface area contributed by atoms with Crippen LogP contribution < -0.4 is 0 Å². The first kappa shape index (κ1) is 12.4. The van der Waals surface area contributed by atoms with Crippen molar-refractivity contribution in [3.8, 4) is 5.75 Å². The Hall–Kier alpha value is -1.02. The summed E-state index contributed by atoms with van der Waals surface area (Å²) in [4.78, 5) is 11.9. The summed E-state index contributed by atoms with van der Waals surface area (Å²) in [5, 5.41) is 9.71. The van der Waals surface area contributed by atoms with E-state index < -0.39 is 0 Å². The number of ketones is 1. The van der Waals surface area contributed by atoms with Gasteiger partial charge in [0.15, 0.2) is 0 Å². The molecule has 17 heavy (non-hydrogen) atoms. The molecule has 0 saturated heterocycles. The lowest BCUT2D eigenvalue weighted by molar-refractivity contribution is -0.119. The van der Waals surface area contributed by atoms with Crippen LogP contribution in [0.5, 0.6) is 5.75 Å². The summed E-state index contributed by atoms with van der Waals surface area (Å²) in [6, 6.07) is 4.79. The molecule has 92 valence electrons. The molecule has 1 fully saturated rings. The van der Waals surface area contributed by atoms with E-state index in [1.807, 2.05) is 0 Å². The number of hydrogen-bond acceptors (Lipinski definition) is 2. The van der Waals surface area contributed by atoms with Crippen molar-refractivity contribution in [2.45, 2.75) is 38.5 Å². The first-order chi connectivity index (χ1) is 8.15. The number of aromatic hydroxyl groups is 1. The van der Waals surface area contributed by atoms with E-state index in [1.54, 1.807) is 12.1 Å². The lowest BCUT2D eigenvalue weighted by atomic mass is 9.97. The van der Waals surface area contributed by atoms with Crippen LogP contribution in [0, 0.1) is 5.92 Å². The van der Waals surface area contributed by atoms with Crippen molar-refractivity contribution in [1.29, 1.82) is 0 Å². The second kappa shape index (κ2) is 5.54. The number of phenolic OH excluding ortho intramolecular Hbond substituents is 1. The SMILES string of the molecule is O=C(Cc1ccc(O)cc1Cl)CC1CCCC1. The van der Waals surface area contributed by atoms with E-state index in [1.165, 1.54) is 31.7 Å². The average Bonchev–Trinajstić information content (AvgIpc) is 2.75. The first-order valence-electron chi connectivity index (χ1n) is 6.14. The monoisotopic (exact) mass is 252 g/mol. The Kier molecular flexibility index (Phi) is 4.06. The van der Waals surface area contributed by atoms with Crippen LogP contribution in [0.25, 0.3) is 0 Å². The number of rotatable bonds is 4. The number of phenols is 1. The molecule has 0 spiro atoms. The molecule has 0 amide bonds. The zero-order valence-electron chi connectivity index (χ0n) is 9.79. The molecule has 1 aliphatic rings. The van der Waals surface area contributed by atoms with Gasteiger partial charge in [0.1, 0.15) is 11.5 Å². The highest BCUT2D eigenvalue weighted by atomic mass is 35.5. The summed E-state index contributed by atoms with van der Waals surface area (Å²) < 4.78 is 0. The molecule has 1 aliphatic carbocycles. The van der Waals surface area contributed by atoms with Gasteiger partial charge in [-0.2, -0.15) is 0 Å². The van der Waals surface area contributed by atoms with Gasteiger partial charge in [-0.25, -0.2) is 0 Å². The van der Waals surface area contributed by atoms with Crippen molar-refractivity contribution in [3.05, 3.63) is 28.8 Å². The second-order valence-electron chi connectivity index (χ2n) is 4.85. The summed E-state index contributed by atoms with van der Waals surface area (Å²) in [7, 11) is 0. The fraction of sp³-hybridized carbons (Fsp3) is 0.500. The van der Waals surface area contributed by atoms with Crippen LogP contribution in [-0.4, -0.2) is 10.9 Å². The number of halogens is 1. The van der Waals surface area contributed by atoms with Crippen LogP contribution in [0.15, 0.2) is 18.2 Å². The normalized spacial score (nSPS) is 16.3. The quantitative estimate of drug-likeness (QED) is 0.886. The van der Waals surface area contributed by atoms with Crippen LogP contribution >= 0.6 is 11.6 Å². The summed E-state index contributed by atoms with van der Waals surface area (Å²) in [5.41, 5.74) is 0.812. The predicted molar refractivity (Wildman–Crippen MR) is 68.4 cm³/mol. The molecular weight excluding hydrogens is 236 g/mol. The molecular formula is C14H17ClO2. The molecule has 1 N–H and O–H groups in total. The lowest BCUT2D eigenvalue weighted by Gasteiger charge is -2.08. The highest BCUT2D eigenvalue weighted by Crippen LogP contribution is 2.29. The van der Waals surface area contributed by atoms with E-state index in [9.17, 15) is 9.90 Å². The van der Waals surface area contributed by atoms with Crippen molar-refractivity contribution in [1.82, 2.24) is 0 Å². The minimum absolute atomic E-state index is 0.141. The van der Waals surface area contributed by atoms with Gasteiger partial charge < -0.3 is 5.11 Å². The van der Waals surface area contributed by atoms with Gasteiger partial charge in [0.2, 0.25) is 0 Å². The Morgan fingerprint density at radius 2 is 2.06 bits per heavy atom. The third kappa shape index (κ3) is 3.47. The molecule has 0 radical (unpaired) electrons. The molecule has 0 aliphatic heterocycles. The fourth-order valence-electron chi connectivity index (χ4n) is 2.50. The molecule has 0 bridgehead atoms.